The number of methoxy groups -OCH3 is 2. The molecule has 0 amide bonds. The number of benzene rings is 2. The van der Waals surface area contributed by atoms with Gasteiger partial charge >= 0.3 is 11.9 Å². The number of aromatic nitrogens is 1. The Bertz CT molecular complexity index is 1080. The number of aliphatic carboxylic acids is 1. The lowest BCUT2D eigenvalue weighted by molar-refractivity contribution is -0.135. The molecule has 6 nitrogen and oxygen atoms in total. The molecule has 0 saturated carbocycles. The maximum atomic E-state index is 11.8. The van der Waals surface area contributed by atoms with Crippen LogP contribution in [0.4, 0.5) is 0 Å². The number of fused-ring (bicyclic) bond motifs is 1. The number of carbonyl (C=O) groups excluding carboxylic acids is 1. The van der Waals surface area contributed by atoms with E-state index in [0.717, 1.165) is 27.6 Å². The molecule has 0 saturated heterocycles. The predicted molar refractivity (Wildman–Crippen MR) is 111 cm³/mol. The fraction of sp³-hybridized carbons (Fsp3) is 0.217. The summed E-state index contributed by atoms with van der Waals surface area (Å²) < 4.78 is 10.3. The lowest BCUT2D eigenvalue weighted by atomic mass is 9.91. The van der Waals surface area contributed by atoms with E-state index in [4.69, 9.17) is 14.6 Å². The monoisotopic (exact) mass is 393 g/mol. The number of carbonyl (C=O) groups is 2. The van der Waals surface area contributed by atoms with E-state index < -0.39 is 11.9 Å². The van der Waals surface area contributed by atoms with Gasteiger partial charge in [0.05, 0.1) is 26.2 Å². The van der Waals surface area contributed by atoms with Crippen LogP contribution in [0.1, 0.15) is 46.3 Å². The molecule has 2 N–H and O–H groups in total. The summed E-state index contributed by atoms with van der Waals surface area (Å²) in [6.45, 7) is 2.07. The Kier molecular flexibility index (Phi) is 6.02. The van der Waals surface area contributed by atoms with Crippen LogP contribution in [0.2, 0.25) is 0 Å². The van der Waals surface area contributed by atoms with Crippen molar-refractivity contribution in [2.45, 2.75) is 19.3 Å². The van der Waals surface area contributed by atoms with Crippen molar-refractivity contribution in [2.24, 2.45) is 0 Å². The number of aromatic amines is 1. The van der Waals surface area contributed by atoms with Crippen molar-refractivity contribution in [1.82, 2.24) is 4.98 Å². The zero-order valence-electron chi connectivity index (χ0n) is 16.6. The van der Waals surface area contributed by atoms with E-state index >= 15 is 0 Å². The smallest absolute Gasteiger partial charge is 0.337 e. The molecule has 0 aliphatic carbocycles. The molecular weight excluding hydrogens is 370 g/mol. The summed E-state index contributed by atoms with van der Waals surface area (Å²) in [7, 11) is 2.92. The highest BCUT2D eigenvalue weighted by atomic mass is 16.5. The van der Waals surface area contributed by atoms with Gasteiger partial charge in [-0.25, -0.2) is 4.79 Å². The third-order valence-corrected chi connectivity index (χ3v) is 4.93. The summed E-state index contributed by atoms with van der Waals surface area (Å²) >= 11 is 0. The highest BCUT2D eigenvalue weighted by molar-refractivity contribution is 5.90. The van der Waals surface area contributed by atoms with Gasteiger partial charge < -0.3 is 19.6 Å². The van der Waals surface area contributed by atoms with Gasteiger partial charge in [0.1, 0.15) is 5.75 Å². The number of hydrogen-bond donors (Lipinski definition) is 2. The molecule has 0 aliphatic rings. The molecular formula is C23H23NO5. The number of esters is 1. The average molecular weight is 393 g/mol. The van der Waals surface area contributed by atoms with Crippen molar-refractivity contribution in [1.29, 1.82) is 0 Å². The minimum Gasteiger partial charge on any atom is -0.496 e. The van der Waals surface area contributed by atoms with Crippen LogP contribution in [0.3, 0.4) is 0 Å². The Hall–Kier alpha value is -3.54. The van der Waals surface area contributed by atoms with Crippen LogP contribution in [-0.2, 0) is 9.53 Å². The lowest BCUT2D eigenvalue weighted by Crippen LogP contribution is -2.04. The largest absolute Gasteiger partial charge is 0.496 e. The summed E-state index contributed by atoms with van der Waals surface area (Å²) in [6, 6.07) is 11.2. The Morgan fingerprint density at radius 1 is 1.14 bits per heavy atom. The Morgan fingerprint density at radius 3 is 2.62 bits per heavy atom. The third-order valence-electron chi connectivity index (χ3n) is 4.93. The summed E-state index contributed by atoms with van der Waals surface area (Å²) in [5, 5.41) is 9.85. The van der Waals surface area contributed by atoms with E-state index in [1.54, 1.807) is 31.4 Å². The molecule has 3 rings (SSSR count). The topological polar surface area (TPSA) is 88.6 Å². The lowest BCUT2D eigenvalue weighted by Gasteiger charge is -2.16. The van der Waals surface area contributed by atoms with Gasteiger partial charge in [0, 0.05) is 28.6 Å². The molecule has 0 radical (unpaired) electrons. The van der Waals surface area contributed by atoms with Crippen LogP contribution < -0.4 is 4.74 Å². The van der Waals surface area contributed by atoms with E-state index in [9.17, 15) is 9.59 Å². The van der Waals surface area contributed by atoms with Crippen molar-refractivity contribution in [2.75, 3.05) is 14.2 Å². The van der Waals surface area contributed by atoms with Gasteiger partial charge in [-0.15, -0.1) is 0 Å². The maximum Gasteiger partial charge on any atom is 0.337 e. The van der Waals surface area contributed by atoms with Crippen molar-refractivity contribution in [3.05, 3.63) is 70.9 Å². The number of carboxylic acid groups (broad SMARTS) is 1. The van der Waals surface area contributed by atoms with Crippen molar-refractivity contribution in [3.63, 3.8) is 0 Å². The zero-order chi connectivity index (χ0) is 21.0. The second-order valence-corrected chi connectivity index (χ2v) is 6.72. The van der Waals surface area contributed by atoms with Crippen molar-refractivity contribution in [3.8, 4) is 5.75 Å². The molecule has 1 unspecified atom stereocenters. The van der Waals surface area contributed by atoms with Crippen LogP contribution >= 0.6 is 0 Å². The Balaban J connectivity index is 1.98. The van der Waals surface area contributed by atoms with Crippen LogP contribution in [0.15, 0.2) is 48.7 Å². The van der Waals surface area contributed by atoms with Crippen LogP contribution in [-0.4, -0.2) is 36.2 Å². The zero-order valence-corrected chi connectivity index (χ0v) is 16.6. The summed E-state index contributed by atoms with van der Waals surface area (Å²) in [5.74, 6) is -0.649. The van der Waals surface area contributed by atoms with Crippen LogP contribution in [0, 0.1) is 0 Å². The van der Waals surface area contributed by atoms with Gasteiger partial charge in [-0.1, -0.05) is 31.2 Å². The van der Waals surface area contributed by atoms with E-state index in [0.29, 0.717) is 11.3 Å². The molecule has 0 bridgehead atoms. The fourth-order valence-corrected chi connectivity index (χ4v) is 3.40. The first-order valence-electron chi connectivity index (χ1n) is 9.20. The number of ether oxygens (including phenoxy) is 2. The van der Waals surface area contributed by atoms with Gasteiger partial charge in [-0.2, -0.15) is 0 Å². The SMILES string of the molecule is COC(=O)c1ccc(C(C)c2c[nH]c3ccc(/C=C/CC(=O)O)cc23)c(OC)c1. The van der Waals surface area contributed by atoms with Gasteiger partial charge in [0.15, 0.2) is 0 Å². The molecule has 1 heterocycles. The van der Waals surface area contributed by atoms with E-state index in [2.05, 4.69) is 11.9 Å². The van der Waals surface area contributed by atoms with Crippen molar-refractivity contribution < 1.29 is 24.2 Å². The predicted octanol–water partition coefficient (Wildman–Crippen LogP) is 4.60. The number of carboxylic acids is 1. The molecule has 150 valence electrons. The second kappa shape index (κ2) is 8.65. The summed E-state index contributed by atoms with van der Waals surface area (Å²) in [5.41, 5.74) is 4.39. The first-order chi connectivity index (χ1) is 13.9. The number of H-pyrrole nitrogens is 1. The van der Waals surface area contributed by atoms with Crippen LogP contribution in [0.25, 0.3) is 17.0 Å². The molecule has 2 aromatic carbocycles. The first kappa shape index (κ1) is 20.2. The molecule has 29 heavy (non-hydrogen) atoms. The van der Waals surface area contributed by atoms with E-state index in [1.807, 2.05) is 30.5 Å². The number of hydrogen-bond acceptors (Lipinski definition) is 4. The minimum atomic E-state index is -0.860. The highest BCUT2D eigenvalue weighted by Crippen LogP contribution is 2.36. The molecule has 0 fully saturated rings. The first-order valence-corrected chi connectivity index (χ1v) is 9.20. The molecule has 0 spiro atoms. The van der Waals surface area contributed by atoms with Crippen LogP contribution in [0.5, 0.6) is 5.75 Å². The maximum absolute atomic E-state index is 11.8. The van der Waals surface area contributed by atoms with Gasteiger partial charge in [0.25, 0.3) is 0 Å². The normalized spacial score (nSPS) is 12.2. The second-order valence-electron chi connectivity index (χ2n) is 6.72. The van der Waals surface area contributed by atoms with Crippen molar-refractivity contribution >= 4 is 28.9 Å². The Labute approximate surface area is 168 Å². The number of nitrogens with one attached hydrogen (secondary N) is 1. The van der Waals surface area contributed by atoms with E-state index in [-0.39, 0.29) is 12.3 Å². The molecule has 1 atom stereocenters. The molecule has 6 heteroatoms. The molecule has 0 aliphatic heterocycles. The third kappa shape index (κ3) is 4.32. The van der Waals surface area contributed by atoms with Gasteiger partial charge in [-0.05, 0) is 35.4 Å². The Morgan fingerprint density at radius 2 is 1.93 bits per heavy atom. The van der Waals surface area contributed by atoms with E-state index in [1.165, 1.54) is 7.11 Å². The fourth-order valence-electron chi connectivity index (χ4n) is 3.40. The summed E-state index contributed by atoms with van der Waals surface area (Å²) in [4.78, 5) is 25.8. The molecule has 3 aromatic rings. The average Bonchev–Trinajstić information content (AvgIpc) is 3.15. The molecule has 1 aromatic heterocycles. The standard InChI is InChI=1S/C23H23NO5/c1-14(17-9-8-16(23(27)29-3)12-21(17)28-2)19-13-24-20-10-7-15(11-18(19)20)5-4-6-22(25)26/h4-5,7-14,24H,6H2,1-3H3,(H,25,26)/b5-4+. The number of rotatable bonds is 7. The quantitative estimate of drug-likeness (QED) is 0.573. The minimum absolute atomic E-state index is 0.00338. The highest BCUT2D eigenvalue weighted by Gasteiger charge is 2.19. The van der Waals surface area contributed by atoms with Gasteiger partial charge in [-0.3, -0.25) is 4.79 Å². The van der Waals surface area contributed by atoms with Gasteiger partial charge in [0.2, 0.25) is 0 Å². The summed E-state index contributed by atoms with van der Waals surface area (Å²) in [6.07, 6.45) is 5.39.